The molecule has 1 aliphatic carbocycles. The van der Waals surface area contributed by atoms with Gasteiger partial charge >= 0.3 is 5.97 Å². The van der Waals surface area contributed by atoms with Gasteiger partial charge in [-0.3, -0.25) is 4.79 Å². The number of benzene rings is 2. The highest BCUT2D eigenvalue weighted by Gasteiger charge is 2.53. The van der Waals surface area contributed by atoms with E-state index >= 15 is 0 Å². The Morgan fingerprint density at radius 3 is 2.11 bits per heavy atom. The number of carbonyl (C=O) groups excluding carboxylic acids is 1. The highest BCUT2D eigenvalue weighted by molar-refractivity contribution is 6.35. The summed E-state index contributed by atoms with van der Waals surface area (Å²) in [4.78, 5) is 24.6. The molecule has 0 spiro atoms. The van der Waals surface area contributed by atoms with E-state index in [0.29, 0.717) is 44.1 Å². The summed E-state index contributed by atoms with van der Waals surface area (Å²) in [7, 11) is 0. The Hall–Kier alpha value is -1.46. The highest BCUT2D eigenvalue weighted by Crippen LogP contribution is 2.51. The second kappa shape index (κ2) is 7.88. The summed E-state index contributed by atoms with van der Waals surface area (Å²) in [6.07, 6.45) is 1.23. The number of hydrogen-bond acceptors (Lipinski definition) is 2. The summed E-state index contributed by atoms with van der Waals surface area (Å²) in [5.41, 5.74) is 0.418. The molecule has 2 aromatic rings. The maximum Gasteiger partial charge on any atom is 0.326 e. The highest BCUT2D eigenvalue weighted by atomic mass is 35.5. The van der Waals surface area contributed by atoms with E-state index < -0.39 is 17.4 Å². The quantitative estimate of drug-likeness (QED) is 0.645. The van der Waals surface area contributed by atoms with Crippen LogP contribution in [0.4, 0.5) is 0 Å². The molecule has 1 atom stereocenters. The molecule has 8 heteroatoms. The van der Waals surface area contributed by atoms with E-state index in [2.05, 4.69) is 5.32 Å². The number of rotatable bonds is 6. The number of halogens is 4. The maximum atomic E-state index is 12.9. The van der Waals surface area contributed by atoms with Crippen LogP contribution >= 0.6 is 46.4 Å². The molecule has 1 saturated carbocycles. The Kier molecular flexibility index (Phi) is 5.92. The van der Waals surface area contributed by atoms with E-state index in [0.717, 1.165) is 0 Å². The molecule has 2 N–H and O–H groups in total. The van der Waals surface area contributed by atoms with Crippen molar-refractivity contribution in [3.8, 4) is 0 Å². The van der Waals surface area contributed by atoms with Gasteiger partial charge in [0.15, 0.2) is 0 Å². The molecule has 27 heavy (non-hydrogen) atoms. The number of amides is 1. The first-order chi connectivity index (χ1) is 12.7. The molecule has 1 aliphatic rings. The Balaban J connectivity index is 1.80. The summed E-state index contributed by atoms with van der Waals surface area (Å²) < 4.78 is 0. The second-order valence-electron chi connectivity index (χ2n) is 6.51. The molecule has 0 unspecified atom stereocenters. The lowest BCUT2D eigenvalue weighted by Gasteiger charge is -2.21. The van der Waals surface area contributed by atoms with E-state index in [1.54, 1.807) is 30.3 Å². The summed E-state index contributed by atoms with van der Waals surface area (Å²) >= 11 is 24.2. The lowest BCUT2D eigenvalue weighted by atomic mass is 9.94. The zero-order chi connectivity index (χ0) is 19.8. The van der Waals surface area contributed by atoms with Crippen LogP contribution in [-0.4, -0.2) is 23.0 Å². The molecule has 4 nitrogen and oxygen atoms in total. The van der Waals surface area contributed by atoms with Crippen molar-refractivity contribution in [2.45, 2.75) is 30.7 Å². The average molecular weight is 447 g/mol. The summed E-state index contributed by atoms with van der Waals surface area (Å²) in [5.74, 6) is -1.52. The van der Waals surface area contributed by atoms with Crippen molar-refractivity contribution in [1.29, 1.82) is 0 Å². The smallest absolute Gasteiger partial charge is 0.326 e. The average Bonchev–Trinajstić information content (AvgIpc) is 3.37. The van der Waals surface area contributed by atoms with Gasteiger partial charge in [0.05, 0.1) is 5.41 Å². The number of nitrogens with one attached hydrogen (secondary N) is 1. The fourth-order valence-corrected chi connectivity index (χ4v) is 4.10. The van der Waals surface area contributed by atoms with E-state index in [9.17, 15) is 14.7 Å². The number of carboxylic acid groups (broad SMARTS) is 1. The first kappa shape index (κ1) is 20.3. The van der Waals surface area contributed by atoms with Crippen LogP contribution in [0.1, 0.15) is 24.0 Å². The number of carbonyl (C=O) groups is 2. The van der Waals surface area contributed by atoms with Gasteiger partial charge in [0, 0.05) is 26.5 Å². The van der Waals surface area contributed by atoms with Crippen LogP contribution < -0.4 is 5.32 Å². The Morgan fingerprint density at radius 1 is 1.00 bits per heavy atom. The van der Waals surface area contributed by atoms with Crippen LogP contribution in [0.25, 0.3) is 0 Å². The third-order valence-corrected chi connectivity index (χ3v) is 5.81. The van der Waals surface area contributed by atoms with Crippen LogP contribution in [0.3, 0.4) is 0 Å². The third-order valence-electron chi connectivity index (χ3n) is 4.67. The summed E-state index contributed by atoms with van der Waals surface area (Å²) in [5, 5.41) is 13.8. The van der Waals surface area contributed by atoms with Gasteiger partial charge in [-0.15, -0.1) is 0 Å². The zero-order valence-corrected chi connectivity index (χ0v) is 17.0. The minimum Gasteiger partial charge on any atom is -0.480 e. The van der Waals surface area contributed by atoms with Crippen molar-refractivity contribution in [1.82, 2.24) is 5.32 Å². The van der Waals surface area contributed by atoms with Gasteiger partial charge in [0.1, 0.15) is 6.04 Å². The van der Waals surface area contributed by atoms with Gasteiger partial charge in [0.2, 0.25) is 5.91 Å². The van der Waals surface area contributed by atoms with Crippen molar-refractivity contribution in [3.63, 3.8) is 0 Å². The van der Waals surface area contributed by atoms with Crippen molar-refractivity contribution in [2.24, 2.45) is 0 Å². The van der Waals surface area contributed by atoms with Crippen molar-refractivity contribution in [3.05, 3.63) is 67.6 Å². The lowest BCUT2D eigenvalue weighted by molar-refractivity contribution is -0.142. The topological polar surface area (TPSA) is 66.4 Å². The molecule has 142 valence electrons. The normalized spacial score (nSPS) is 15.9. The first-order valence-electron chi connectivity index (χ1n) is 8.16. The Labute approximate surface area is 176 Å². The maximum absolute atomic E-state index is 12.9. The van der Waals surface area contributed by atoms with E-state index in [4.69, 9.17) is 46.4 Å². The SMILES string of the molecule is O=C(O)[C@H](Cc1ccc(Cl)cc1Cl)NC(=O)C1(c2ccc(Cl)cc2Cl)CC1. The van der Waals surface area contributed by atoms with Crippen LogP contribution in [0, 0.1) is 0 Å². The largest absolute Gasteiger partial charge is 0.480 e. The molecule has 0 heterocycles. The van der Waals surface area contributed by atoms with E-state index in [-0.39, 0.29) is 12.3 Å². The van der Waals surface area contributed by atoms with Crippen molar-refractivity contribution < 1.29 is 14.7 Å². The van der Waals surface area contributed by atoms with Crippen LogP contribution in [0.15, 0.2) is 36.4 Å². The zero-order valence-electron chi connectivity index (χ0n) is 13.9. The number of aliphatic carboxylic acids is 1. The van der Waals surface area contributed by atoms with E-state index in [1.165, 1.54) is 6.07 Å². The van der Waals surface area contributed by atoms with Crippen molar-refractivity contribution in [2.75, 3.05) is 0 Å². The molecule has 0 saturated heterocycles. The number of hydrogen-bond donors (Lipinski definition) is 2. The standard InChI is InChI=1S/C19H15Cl4NO3/c20-11-2-1-10(14(22)8-11)7-16(17(25)26)24-18(27)19(5-6-19)13-4-3-12(21)9-15(13)23/h1-4,8-9,16H,5-7H2,(H,24,27)(H,25,26)/t16-/m0/s1. The van der Waals surface area contributed by atoms with Crippen LogP contribution in [-0.2, 0) is 21.4 Å². The molecular weight excluding hydrogens is 432 g/mol. The summed E-state index contributed by atoms with van der Waals surface area (Å²) in [6, 6.07) is 8.64. The van der Waals surface area contributed by atoms with Gasteiger partial charge in [-0.05, 0) is 48.2 Å². The molecule has 1 fully saturated rings. The lowest BCUT2D eigenvalue weighted by Crippen LogP contribution is -2.46. The van der Waals surface area contributed by atoms with Crippen LogP contribution in [0.5, 0.6) is 0 Å². The fourth-order valence-electron chi connectivity index (χ4n) is 3.02. The summed E-state index contributed by atoms with van der Waals surface area (Å²) in [6.45, 7) is 0. The predicted molar refractivity (Wildman–Crippen MR) is 107 cm³/mol. The van der Waals surface area contributed by atoms with Gasteiger partial charge in [-0.25, -0.2) is 4.79 Å². The molecule has 1 amide bonds. The van der Waals surface area contributed by atoms with Gasteiger partial charge in [-0.1, -0.05) is 58.5 Å². The Morgan fingerprint density at radius 2 is 1.59 bits per heavy atom. The minimum atomic E-state index is -1.15. The third kappa shape index (κ3) is 4.35. The van der Waals surface area contributed by atoms with E-state index in [1.807, 2.05) is 0 Å². The molecule has 0 bridgehead atoms. The predicted octanol–water partition coefficient (Wildman–Crippen LogP) is 5.14. The minimum absolute atomic E-state index is 0.0432. The first-order valence-corrected chi connectivity index (χ1v) is 9.67. The van der Waals surface area contributed by atoms with Gasteiger partial charge in [0.25, 0.3) is 0 Å². The molecule has 0 aromatic heterocycles. The number of carboxylic acids is 1. The Bertz CT molecular complexity index is 912. The monoisotopic (exact) mass is 445 g/mol. The molecular formula is C19H15Cl4NO3. The fraction of sp³-hybridized carbons (Fsp3) is 0.263. The van der Waals surface area contributed by atoms with Gasteiger partial charge < -0.3 is 10.4 Å². The second-order valence-corrected chi connectivity index (χ2v) is 8.20. The molecule has 0 aliphatic heterocycles. The molecule has 3 rings (SSSR count). The molecule has 2 aromatic carbocycles. The van der Waals surface area contributed by atoms with Crippen molar-refractivity contribution >= 4 is 58.3 Å². The van der Waals surface area contributed by atoms with Crippen LogP contribution in [0.2, 0.25) is 20.1 Å². The molecule has 0 radical (unpaired) electrons. The van der Waals surface area contributed by atoms with Gasteiger partial charge in [-0.2, -0.15) is 0 Å².